The highest BCUT2D eigenvalue weighted by Crippen LogP contribution is 2.13. The zero-order chi connectivity index (χ0) is 20.7. The Hall–Kier alpha value is -2.49. The zero-order valence-corrected chi connectivity index (χ0v) is 16.2. The van der Waals surface area contributed by atoms with Gasteiger partial charge < -0.3 is 20.2 Å². The van der Waals surface area contributed by atoms with Crippen molar-refractivity contribution in [1.82, 2.24) is 15.7 Å². The maximum Gasteiger partial charge on any atom is 0.333 e. The molecule has 0 saturated carbocycles. The van der Waals surface area contributed by atoms with Gasteiger partial charge in [-0.1, -0.05) is 13.8 Å². The van der Waals surface area contributed by atoms with Gasteiger partial charge in [0.25, 0.3) is 11.8 Å². The Bertz CT molecular complexity index is 507. The van der Waals surface area contributed by atoms with Crippen LogP contribution in [0, 0.1) is 0 Å². The summed E-state index contributed by atoms with van der Waals surface area (Å²) in [5.74, 6) is -2.16. The van der Waals surface area contributed by atoms with E-state index in [2.05, 4.69) is 15.5 Å². The lowest BCUT2D eigenvalue weighted by Gasteiger charge is -2.12. The molecule has 0 unspecified atom stereocenters. The minimum Gasteiger partial charge on any atom is -0.378 e. The van der Waals surface area contributed by atoms with Crippen LogP contribution in [0.3, 0.4) is 0 Å². The van der Waals surface area contributed by atoms with E-state index in [1.165, 1.54) is 6.92 Å². The van der Waals surface area contributed by atoms with Crippen LogP contribution < -0.4 is 10.6 Å². The van der Waals surface area contributed by atoms with Crippen LogP contribution in [0.2, 0.25) is 0 Å². The lowest BCUT2D eigenvalue weighted by Crippen LogP contribution is -2.32. The molecule has 4 amide bonds. The first-order chi connectivity index (χ1) is 12.9. The van der Waals surface area contributed by atoms with Crippen molar-refractivity contribution in [3.05, 3.63) is 0 Å². The average molecular weight is 387 g/mol. The van der Waals surface area contributed by atoms with Crippen molar-refractivity contribution in [2.75, 3.05) is 26.3 Å². The summed E-state index contributed by atoms with van der Waals surface area (Å²) < 4.78 is 5.20. The monoisotopic (exact) mass is 387 g/mol. The fourth-order valence-corrected chi connectivity index (χ4v) is 1.95. The quantitative estimate of drug-likeness (QED) is 0.378. The Kier molecular flexibility index (Phi) is 13.3. The van der Waals surface area contributed by atoms with E-state index in [0.29, 0.717) is 31.4 Å². The third kappa shape index (κ3) is 11.7. The number of amides is 4. The lowest BCUT2D eigenvalue weighted by molar-refractivity contribution is -0.197. The van der Waals surface area contributed by atoms with Gasteiger partial charge in [0.05, 0.1) is 13.2 Å². The Morgan fingerprint density at radius 2 is 1.52 bits per heavy atom. The number of nitrogens with one attached hydrogen (secondary N) is 2. The Balaban J connectivity index is 0.00000326. The zero-order valence-electron chi connectivity index (χ0n) is 16.2. The highest BCUT2D eigenvalue weighted by Gasteiger charge is 2.32. The number of hydrogen-bond donors (Lipinski definition) is 2. The molecule has 0 aromatic carbocycles. The standard InChI is InChI=1S/C15H23N3O7.C2H6/c1-11(19)16-7-9-24-10-8-17-12(20)3-2-4-15(23)25-18-13(21)5-6-14(18)22;1-2/h2-10H2,1H3,(H,16,19)(H,17,20);1-2H3. The first-order valence-corrected chi connectivity index (χ1v) is 9.05. The molecule has 154 valence electrons. The highest BCUT2D eigenvalue weighted by molar-refractivity contribution is 6.01. The summed E-state index contributed by atoms with van der Waals surface area (Å²) in [6, 6.07) is 0. The molecular formula is C17H29N3O7. The van der Waals surface area contributed by atoms with Crippen LogP contribution >= 0.6 is 0 Å². The van der Waals surface area contributed by atoms with Crippen molar-refractivity contribution < 1.29 is 33.5 Å². The summed E-state index contributed by atoms with van der Waals surface area (Å²) in [5.41, 5.74) is 0. The number of imide groups is 1. The van der Waals surface area contributed by atoms with Gasteiger partial charge in [0.15, 0.2) is 0 Å². The topological polar surface area (TPSA) is 131 Å². The van der Waals surface area contributed by atoms with Crippen LogP contribution in [-0.4, -0.2) is 61.0 Å². The van der Waals surface area contributed by atoms with Crippen molar-refractivity contribution in [2.45, 2.75) is 52.9 Å². The van der Waals surface area contributed by atoms with Gasteiger partial charge in [-0.2, -0.15) is 0 Å². The van der Waals surface area contributed by atoms with E-state index >= 15 is 0 Å². The van der Waals surface area contributed by atoms with Gasteiger partial charge in [-0.05, 0) is 6.42 Å². The van der Waals surface area contributed by atoms with E-state index in [1.54, 1.807) is 0 Å². The summed E-state index contributed by atoms with van der Waals surface area (Å²) >= 11 is 0. The van der Waals surface area contributed by atoms with E-state index in [9.17, 15) is 24.0 Å². The van der Waals surface area contributed by atoms with Gasteiger partial charge in [-0.15, -0.1) is 5.06 Å². The van der Waals surface area contributed by atoms with E-state index in [1.807, 2.05) is 13.8 Å². The summed E-state index contributed by atoms with van der Waals surface area (Å²) in [6.45, 7) is 6.81. The van der Waals surface area contributed by atoms with Crippen LogP contribution in [0.5, 0.6) is 0 Å². The number of hydrogen-bond acceptors (Lipinski definition) is 7. The summed E-state index contributed by atoms with van der Waals surface area (Å²) in [5, 5.41) is 5.68. The molecule has 0 aliphatic carbocycles. The third-order valence-corrected chi connectivity index (χ3v) is 3.17. The second kappa shape index (κ2) is 14.7. The number of hydroxylamine groups is 2. The van der Waals surface area contributed by atoms with Crippen molar-refractivity contribution in [1.29, 1.82) is 0 Å². The van der Waals surface area contributed by atoms with E-state index in [-0.39, 0.29) is 43.9 Å². The van der Waals surface area contributed by atoms with Gasteiger partial charge in [-0.3, -0.25) is 19.2 Å². The van der Waals surface area contributed by atoms with Crippen molar-refractivity contribution >= 4 is 29.6 Å². The fourth-order valence-electron chi connectivity index (χ4n) is 1.95. The summed E-state index contributed by atoms with van der Waals surface area (Å²) in [7, 11) is 0. The van der Waals surface area contributed by atoms with Crippen LogP contribution in [0.15, 0.2) is 0 Å². The molecule has 1 aliphatic rings. The van der Waals surface area contributed by atoms with Gasteiger partial charge in [0.2, 0.25) is 11.8 Å². The normalized spacial score (nSPS) is 12.9. The average Bonchev–Trinajstić information content (AvgIpc) is 2.94. The largest absolute Gasteiger partial charge is 0.378 e. The molecule has 27 heavy (non-hydrogen) atoms. The molecule has 0 atom stereocenters. The molecule has 2 N–H and O–H groups in total. The van der Waals surface area contributed by atoms with E-state index in [4.69, 9.17) is 4.74 Å². The Labute approximate surface area is 158 Å². The minimum absolute atomic E-state index is 0.0431. The second-order valence-corrected chi connectivity index (χ2v) is 5.34. The van der Waals surface area contributed by atoms with Crippen molar-refractivity contribution in [2.24, 2.45) is 0 Å². The van der Waals surface area contributed by atoms with Crippen LogP contribution in [0.25, 0.3) is 0 Å². The molecule has 0 bridgehead atoms. The SMILES string of the molecule is CC.CC(=O)NCCOCCNC(=O)CCCC(=O)ON1C(=O)CCC1=O. The molecule has 10 heteroatoms. The van der Waals surface area contributed by atoms with Gasteiger partial charge in [0.1, 0.15) is 0 Å². The molecule has 1 fully saturated rings. The first-order valence-electron chi connectivity index (χ1n) is 9.05. The number of ether oxygens (including phenoxy) is 1. The number of nitrogens with zero attached hydrogens (tertiary/aromatic N) is 1. The number of rotatable bonds is 11. The fraction of sp³-hybridized carbons (Fsp3) is 0.706. The van der Waals surface area contributed by atoms with E-state index < -0.39 is 17.8 Å². The second-order valence-electron chi connectivity index (χ2n) is 5.34. The minimum atomic E-state index is -0.724. The molecule has 1 rings (SSSR count). The molecule has 0 spiro atoms. The smallest absolute Gasteiger partial charge is 0.333 e. The summed E-state index contributed by atoms with van der Waals surface area (Å²) in [4.78, 5) is 60.9. The van der Waals surface area contributed by atoms with Crippen molar-refractivity contribution in [3.63, 3.8) is 0 Å². The van der Waals surface area contributed by atoms with Crippen LogP contribution in [-0.2, 0) is 33.5 Å². The molecule has 0 aromatic heterocycles. The molecule has 1 aliphatic heterocycles. The molecule has 10 nitrogen and oxygen atoms in total. The predicted molar refractivity (Wildman–Crippen MR) is 94.9 cm³/mol. The molecule has 0 aromatic rings. The van der Waals surface area contributed by atoms with Crippen LogP contribution in [0.1, 0.15) is 52.9 Å². The maximum atomic E-state index is 11.6. The Morgan fingerprint density at radius 3 is 2.07 bits per heavy atom. The number of carbonyl (C=O) groups excluding carboxylic acids is 5. The molecule has 0 radical (unpaired) electrons. The first kappa shape index (κ1) is 24.5. The highest BCUT2D eigenvalue weighted by atomic mass is 16.7. The molecule has 1 saturated heterocycles. The van der Waals surface area contributed by atoms with Crippen molar-refractivity contribution in [3.8, 4) is 0 Å². The molecule has 1 heterocycles. The predicted octanol–water partition coefficient (Wildman–Crippen LogP) is 0.0590. The molecular weight excluding hydrogens is 358 g/mol. The Morgan fingerprint density at radius 1 is 0.963 bits per heavy atom. The van der Waals surface area contributed by atoms with Gasteiger partial charge >= 0.3 is 5.97 Å². The lowest BCUT2D eigenvalue weighted by atomic mass is 10.2. The van der Waals surface area contributed by atoms with Gasteiger partial charge in [-0.25, -0.2) is 4.79 Å². The number of carbonyl (C=O) groups is 5. The van der Waals surface area contributed by atoms with Gasteiger partial charge in [0, 0.05) is 45.7 Å². The van der Waals surface area contributed by atoms with E-state index in [0.717, 1.165) is 0 Å². The maximum absolute atomic E-state index is 11.6. The third-order valence-electron chi connectivity index (χ3n) is 3.17. The summed E-state index contributed by atoms with van der Waals surface area (Å²) in [6.07, 6.45) is 0.369. The van der Waals surface area contributed by atoms with Crippen LogP contribution in [0.4, 0.5) is 0 Å².